The Kier molecular flexibility index (Phi) is 8.18. The monoisotopic (exact) mass is 497 g/mol. The molecule has 1 aromatic heterocycles. The molecule has 1 atom stereocenters. The SMILES string of the molecule is CC(C)(C)C1CCc2c(sc(NC(=O)CSc3cccc(NC(=O)/C=C/C(=O)O)c3)c2C#N)C1. The topological polar surface area (TPSA) is 119 Å². The van der Waals surface area contributed by atoms with Crippen molar-refractivity contribution in [3.8, 4) is 6.07 Å². The summed E-state index contributed by atoms with van der Waals surface area (Å²) in [6, 6.07) is 9.23. The molecule has 3 N–H and O–H groups in total. The fourth-order valence-corrected chi connectivity index (χ4v) is 5.89. The molecule has 0 saturated carbocycles. The number of anilines is 2. The zero-order valence-corrected chi connectivity index (χ0v) is 20.9. The van der Waals surface area contributed by atoms with Crippen LogP contribution in [0.4, 0.5) is 10.7 Å². The van der Waals surface area contributed by atoms with E-state index in [4.69, 9.17) is 5.11 Å². The first kappa shape index (κ1) is 25.5. The minimum absolute atomic E-state index is 0.147. The molecule has 1 aromatic carbocycles. The minimum atomic E-state index is -1.20. The number of carboxylic acid groups (broad SMARTS) is 1. The molecule has 0 fully saturated rings. The van der Waals surface area contributed by atoms with Gasteiger partial charge in [0.05, 0.1) is 11.3 Å². The number of amides is 2. The highest BCUT2D eigenvalue weighted by Crippen LogP contribution is 2.44. The number of nitrogens with zero attached hydrogens (tertiary/aromatic N) is 1. The van der Waals surface area contributed by atoms with Gasteiger partial charge in [0.1, 0.15) is 11.1 Å². The Morgan fingerprint density at radius 1 is 1.26 bits per heavy atom. The Morgan fingerprint density at radius 3 is 2.71 bits per heavy atom. The number of hydrogen-bond acceptors (Lipinski definition) is 6. The third-order valence-corrected chi connectivity index (χ3v) is 7.87. The van der Waals surface area contributed by atoms with Crippen LogP contribution in [0.5, 0.6) is 0 Å². The standard InChI is InChI=1S/C25H27N3O4S2/c1-25(2,3)15-7-8-18-19(13-26)24(34-20(18)11-15)28-22(30)14-33-17-6-4-5-16(12-17)27-21(29)9-10-23(31)32/h4-6,9-10,12,15H,7-8,11,14H2,1-3H3,(H,27,29)(H,28,30)(H,31,32)/b10-9+. The first-order valence-corrected chi connectivity index (χ1v) is 12.7. The molecule has 7 nitrogen and oxygen atoms in total. The highest BCUT2D eigenvalue weighted by Gasteiger charge is 2.32. The fourth-order valence-electron chi connectivity index (χ4n) is 3.84. The smallest absolute Gasteiger partial charge is 0.328 e. The molecule has 0 spiro atoms. The van der Waals surface area contributed by atoms with E-state index < -0.39 is 11.9 Å². The van der Waals surface area contributed by atoms with Crippen LogP contribution in [0.2, 0.25) is 0 Å². The maximum atomic E-state index is 12.6. The van der Waals surface area contributed by atoms with E-state index in [0.29, 0.717) is 22.2 Å². The van der Waals surface area contributed by atoms with Gasteiger partial charge in [0.15, 0.2) is 0 Å². The lowest BCUT2D eigenvalue weighted by Crippen LogP contribution is -2.26. The zero-order chi connectivity index (χ0) is 24.9. The van der Waals surface area contributed by atoms with E-state index >= 15 is 0 Å². The van der Waals surface area contributed by atoms with Crippen LogP contribution in [0.15, 0.2) is 41.3 Å². The summed E-state index contributed by atoms with van der Waals surface area (Å²) in [7, 11) is 0. The van der Waals surface area contributed by atoms with Gasteiger partial charge < -0.3 is 15.7 Å². The lowest BCUT2D eigenvalue weighted by Gasteiger charge is -2.33. The molecule has 1 unspecified atom stereocenters. The van der Waals surface area contributed by atoms with Gasteiger partial charge >= 0.3 is 5.97 Å². The van der Waals surface area contributed by atoms with Crippen molar-refractivity contribution in [1.29, 1.82) is 5.26 Å². The summed E-state index contributed by atoms with van der Waals surface area (Å²) in [4.78, 5) is 36.9. The van der Waals surface area contributed by atoms with E-state index in [1.165, 1.54) is 28.0 Å². The summed E-state index contributed by atoms with van der Waals surface area (Å²) in [6.45, 7) is 6.73. The largest absolute Gasteiger partial charge is 0.478 e. The van der Waals surface area contributed by atoms with Crippen molar-refractivity contribution in [2.24, 2.45) is 11.3 Å². The van der Waals surface area contributed by atoms with Crippen molar-refractivity contribution < 1.29 is 19.5 Å². The summed E-state index contributed by atoms with van der Waals surface area (Å²) in [6.07, 6.45) is 4.54. The highest BCUT2D eigenvalue weighted by atomic mass is 32.2. The van der Waals surface area contributed by atoms with Crippen LogP contribution < -0.4 is 10.6 Å². The number of rotatable bonds is 7. The highest BCUT2D eigenvalue weighted by molar-refractivity contribution is 8.00. The van der Waals surface area contributed by atoms with E-state index in [1.807, 2.05) is 6.07 Å². The Balaban J connectivity index is 1.61. The number of carbonyl (C=O) groups is 3. The summed E-state index contributed by atoms with van der Waals surface area (Å²) in [5.41, 5.74) is 2.37. The number of fused-ring (bicyclic) bond motifs is 1. The van der Waals surface area contributed by atoms with Crippen molar-refractivity contribution in [1.82, 2.24) is 0 Å². The first-order valence-electron chi connectivity index (χ1n) is 10.9. The van der Waals surface area contributed by atoms with Crippen molar-refractivity contribution in [3.63, 3.8) is 0 Å². The number of hydrogen-bond donors (Lipinski definition) is 3. The average Bonchev–Trinajstić information content (AvgIpc) is 3.12. The van der Waals surface area contributed by atoms with Crippen LogP contribution in [-0.2, 0) is 27.2 Å². The second kappa shape index (κ2) is 10.9. The van der Waals surface area contributed by atoms with E-state index in [2.05, 4.69) is 37.5 Å². The Labute approximate surface area is 207 Å². The van der Waals surface area contributed by atoms with Gasteiger partial charge in [-0.2, -0.15) is 5.26 Å². The number of thioether (sulfide) groups is 1. The van der Waals surface area contributed by atoms with Gasteiger partial charge in [0.25, 0.3) is 0 Å². The number of carbonyl (C=O) groups excluding carboxylic acids is 2. The van der Waals surface area contributed by atoms with E-state index in [-0.39, 0.29) is 17.1 Å². The molecule has 3 rings (SSSR count). The normalized spacial score (nSPS) is 15.4. The van der Waals surface area contributed by atoms with E-state index in [1.54, 1.807) is 18.2 Å². The predicted octanol–water partition coefficient (Wildman–Crippen LogP) is 5.08. The van der Waals surface area contributed by atoms with Crippen LogP contribution in [0.25, 0.3) is 0 Å². The summed E-state index contributed by atoms with van der Waals surface area (Å²) in [5, 5.41) is 24.4. The third kappa shape index (κ3) is 6.72. The molecule has 34 heavy (non-hydrogen) atoms. The number of nitriles is 1. The van der Waals surface area contributed by atoms with E-state index in [9.17, 15) is 19.6 Å². The van der Waals surface area contributed by atoms with E-state index in [0.717, 1.165) is 41.9 Å². The van der Waals surface area contributed by atoms with Crippen LogP contribution in [0.3, 0.4) is 0 Å². The summed E-state index contributed by atoms with van der Waals surface area (Å²) in [5.74, 6) is -1.26. The lowest BCUT2D eigenvalue weighted by molar-refractivity contribution is -0.131. The van der Waals surface area contributed by atoms with Crippen molar-refractivity contribution in [3.05, 3.63) is 52.4 Å². The van der Waals surface area contributed by atoms with Crippen LogP contribution in [0.1, 0.15) is 43.2 Å². The van der Waals surface area contributed by atoms with Gasteiger partial charge in [0.2, 0.25) is 11.8 Å². The molecule has 1 heterocycles. The lowest BCUT2D eigenvalue weighted by atomic mass is 9.72. The molecule has 9 heteroatoms. The van der Waals surface area contributed by atoms with Gasteiger partial charge in [-0.05, 0) is 54.4 Å². The van der Waals surface area contributed by atoms with Gasteiger partial charge in [-0.3, -0.25) is 9.59 Å². The van der Waals surface area contributed by atoms with Crippen molar-refractivity contribution in [2.75, 3.05) is 16.4 Å². The molecule has 1 aliphatic rings. The molecule has 0 radical (unpaired) electrons. The first-order chi connectivity index (χ1) is 16.1. The van der Waals surface area contributed by atoms with Crippen LogP contribution >= 0.6 is 23.1 Å². The maximum absolute atomic E-state index is 12.6. The zero-order valence-electron chi connectivity index (χ0n) is 19.3. The molecule has 178 valence electrons. The molecule has 0 aliphatic heterocycles. The van der Waals surface area contributed by atoms with Gasteiger partial charge in [0, 0.05) is 27.6 Å². The van der Waals surface area contributed by atoms with Crippen molar-refractivity contribution in [2.45, 2.75) is 44.9 Å². The maximum Gasteiger partial charge on any atom is 0.328 e. The number of benzene rings is 1. The second-order valence-electron chi connectivity index (χ2n) is 9.15. The average molecular weight is 498 g/mol. The second-order valence-corrected chi connectivity index (χ2v) is 11.3. The number of aliphatic carboxylic acids is 1. The quantitative estimate of drug-likeness (QED) is 0.362. The third-order valence-electron chi connectivity index (χ3n) is 5.70. The molecule has 0 saturated heterocycles. The Morgan fingerprint density at radius 2 is 2.03 bits per heavy atom. The molecular formula is C25H27N3O4S2. The van der Waals surface area contributed by atoms with Gasteiger partial charge in [-0.15, -0.1) is 23.1 Å². The number of nitrogens with one attached hydrogen (secondary N) is 2. The molecule has 1 aliphatic carbocycles. The Bertz CT molecular complexity index is 1170. The number of thiophene rings is 1. The molecular weight excluding hydrogens is 470 g/mol. The number of carboxylic acids is 1. The fraction of sp³-hybridized carbons (Fsp3) is 0.360. The molecule has 2 amide bonds. The summed E-state index contributed by atoms with van der Waals surface area (Å²) >= 11 is 2.82. The predicted molar refractivity (Wildman–Crippen MR) is 135 cm³/mol. The minimum Gasteiger partial charge on any atom is -0.478 e. The summed E-state index contributed by atoms with van der Waals surface area (Å²) < 4.78 is 0. The Hall–Kier alpha value is -3.09. The van der Waals surface area contributed by atoms with Crippen LogP contribution in [-0.4, -0.2) is 28.6 Å². The molecule has 0 bridgehead atoms. The van der Waals surface area contributed by atoms with Gasteiger partial charge in [-0.25, -0.2) is 4.79 Å². The van der Waals surface area contributed by atoms with Crippen molar-refractivity contribution >= 4 is 51.6 Å². The van der Waals surface area contributed by atoms with Gasteiger partial charge in [-0.1, -0.05) is 26.8 Å². The molecule has 2 aromatic rings. The van der Waals surface area contributed by atoms with Crippen LogP contribution in [0, 0.1) is 22.7 Å².